The van der Waals surface area contributed by atoms with E-state index in [1.54, 1.807) is 6.07 Å². The fraction of sp³-hybridized carbons (Fsp3) is 0.312. The third-order valence-corrected chi connectivity index (χ3v) is 3.45. The molecule has 27 heavy (non-hydrogen) atoms. The summed E-state index contributed by atoms with van der Waals surface area (Å²) in [6.45, 7) is 4.87. The van der Waals surface area contributed by atoms with E-state index in [1.807, 2.05) is 0 Å². The maximum Gasteiger partial charge on any atom is 0.391 e. The highest BCUT2D eigenvalue weighted by atomic mass is 19.4. The van der Waals surface area contributed by atoms with Gasteiger partial charge in [-0.3, -0.25) is 10.1 Å². The molecular formula is C16H17F3N6O2. The molecule has 0 aliphatic heterocycles. The Morgan fingerprint density at radius 2 is 2.00 bits per heavy atom. The van der Waals surface area contributed by atoms with Crippen molar-refractivity contribution in [3.8, 4) is 0 Å². The molecule has 8 nitrogen and oxygen atoms in total. The van der Waals surface area contributed by atoms with Crippen molar-refractivity contribution in [2.75, 3.05) is 17.2 Å². The predicted octanol–water partition coefficient (Wildman–Crippen LogP) is 3.86. The molecule has 2 aromatic rings. The highest BCUT2D eigenvalue weighted by Gasteiger charge is 2.36. The summed E-state index contributed by atoms with van der Waals surface area (Å²) in [6, 6.07) is 5.58. The minimum atomic E-state index is -4.38. The summed E-state index contributed by atoms with van der Waals surface area (Å²) in [4.78, 5) is 22.3. The van der Waals surface area contributed by atoms with Gasteiger partial charge < -0.3 is 10.6 Å². The van der Waals surface area contributed by atoms with Gasteiger partial charge in [-0.05, 0) is 6.07 Å². The second-order valence-electron chi connectivity index (χ2n) is 5.65. The number of hydrogen-bond acceptors (Lipinski definition) is 7. The monoisotopic (exact) mass is 382 g/mol. The first-order chi connectivity index (χ1) is 12.7. The lowest BCUT2D eigenvalue weighted by Gasteiger charge is -2.15. The minimum Gasteiger partial charge on any atom is -0.351 e. The zero-order chi connectivity index (χ0) is 20.0. The van der Waals surface area contributed by atoms with Crippen LogP contribution in [-0.4, -0.2) is 32.6 Å². The number of rotatable bonds is 8. The number of halogens is 3. The van der Waals surface area contributed by atoms with Gasteiger partial charge in [0.05, 0.1) is 10.8 Å². The number of benzene rings is 1. The van der Waals surface area contributed by atoms with E-state index in [-0.39, 0.29) is 23.4 Å². The van der Waals surface area contributed by atoms with Crippen LogP contribution in [0.3, 0.4) is 0 Å². The van der Waals surface area contributed by atoms with Gasteiger partial charge in [-0.2, -0.15) is 28.1 Å². The van der Waals surface area contributed by atoms with Crippen LogP contribution in [0.25, 0.3) is 0 Å². The summed E-state index contributed by atoms with van der Waals surface area (Å²) in [5, 5.41) is 16.4. The summed E-state index contributed by atoms with van der Waals surface area (Å²) in [5.74, 6) is -1.66. The molecule has 0 bridgehead atoms. The number of nitrogens with one attached hydrogen (secondary N) is 2. The Morgan fingerprint density at radius 1 is 1.30 bits per heavy atom. The van der Waals surface area contributed by atoms with Crippen molar-refractivity contribution >= 4 is 23.3 Å². The van der Waals surface area contributed by atoms with Gasteiger partial charge in [0.2, 0.25) is 11.9 Å². The van der Waals surface area contributed by atoms with Crippen molar-refractivity contribution in [2.45, 2.75) is 19.5 Å². The van der Waals surface area contributed by atoms with Crippen LogP contribution in [0.1, 0.15) is 12.7 Å². The number of alkyl halides is 3. The van der Waals surface area contributed by atoms with E-state index in [0.29, 0.717) is 12.2 Å². The Hall–Kier alpha value is -3.24. The molecule has 11 heteroatoms. The number of non-ortho nitro benzene ring substituents is 1. The number of anilines is 3. The van der Waals surface area contributed by atoms with Crippen molar-refractivity contribution < 1.29 is 18.1 Å². The van der Waals surface area contributed by atoms with Crippen LogP contribution < -0.4 is 10.6 Å². The maximum absolute atomic E-state index is 12.8. The van der Waals surface area contributed by atoms with Crippen molar-refractivity contribution in [1.82, 2.24) is 15.0 Å². The van der Waals surface area contributed by atoms with Crippen molar-refractivity contribution in [2.24, 2.45) is 5.92 Å². The summed E-state index contributed by atoms with van der Waals surface area (Å²) in [5.41, 5.74) is 0.171. The van der Waals surface area contributed by atoms with E-state index in [9.17, 15) is 23.3 Å². The summed E-state index contributed by atoms with van der Waals surface area (Å²) in [7, 11) is 0. The molecule has 144 valence electrons. The van der Waals surface area contributed by atoms with Gasteiger partial charge in [-0.1, -0.05) is 19.1 Å². The van der Waals surface area contributed by atoms with Gasteiger partial charge in [0.1, 0.15) is 5.82 Å². The molecule has 0 spiro atoms. The van der Waals surface area contributed by atoms with E-state index in [4.69, 9.17) is 0 Å². The Labute approximate surface area is 152 Å². The van der Waals surface area contributed by atoms with Crippen LogP contribution in [-0.2, 0) is 6.42 Å². The van der Waals surface area contributed by atoms with Crippen LogP contribution in [0.5, 0.6) is 0 Å². The molecule has 1 atom stereocenters. The predicted molar refractivity (Wildman–Crippen MR) is 93.8 cm³/mol. The fourth-order valence-electron chi connectivity index (χ4n) is 2.03. The van der Waals surface area contributed by atoms with Crippen LogP contribution >= 0.6 is 0 Å². The number of hydrogen-bond donors (Lipinski definition) is 2. The first-order valence-electron chi connectivity index (χ1n) is 7.87. The normalized spacial score (nSPS) is 12.3. The first-order valence-corrected chi connectivity index (χ1v) is 7.87. The van der Waals surface area contributed by atoms with Crippen molar-refractivity contribution in [3.05, 3.63) is 52.9 Å². The van der Waals surface area contributed by atoms with Crippen molar-refractivity contribution in [3.63, 3.8) is 0 Å². The van der Waals surface area contributed by atoms with Gasteiger partial charge in [0.25, 0.3) is 5.69 Å². The topological polar surface area (TPSA) is 106 Å². The SMILES string of the molecule is C=CCNc1nc(CC(C)C(F)(F)F)nc(Nc2cccc([N+](=O)[O-])c2)n1. The average Bonchev–Trinajstić information content (AvgIpc) is 2.59. The fourth-order valence-corrected chi connectivity index (χ4v) is 2.03. The van der Waals surface area contributed by atoms with Gasteiger partial charge in [0.15, 0.2) is 0 Å². The van der Waals surface area contributed by atoms with Crippen LogP contribution in [0.15, 0.2) is 36.9 Å². The third kappa shape index (κ3) is 5.90. The van der Waals surface area contributed by atoms with Gasteiger partial charge in [-0.25, -0.2) is 0 Å². The molecule has 0 amide bonds. The third-order valence-electron chi connectivity index (χ3n) is 3.45. The maximum atomic E-state index is 12.8. The zero-order valence-electron chi connectivity index (χ0n) is 14.3. The Morgan fingerprint density at radius 3 is 2.63 bits per heavy atom. The first kappa shape index (κ1) is 20.1. The molecule has 1 aromatic heterocycles. The molecule has 0 aliphatic carbocycles. The summed E-state index contributed by atoms with van der Waals surface area (Å²) in [6.07, 6.45) is -3.27. The van der Waals surface area contributed by atoms with E-state index in [0.717, 1.165) is 6.92 Å². The Bertz CT molecular complexity index is 828. The molecule has 2 N–H and O–H groups in total. The standard InChI is InChI=1S/C16H17F3N6O2/c1-3-7-20-14-22-13(8-10(2)16(17,18)19)23-15(24-14)21-11-5-4-6-12(9-11)25(26)27/h3-6,9-10H,1,7-8H2,2H3,(H2,20,21,22,23,24). The lowest BCUT2D eigenvalue weighted by Crippen LogP contribution is -2.23. The molecule has 0 radical (unpaired) electrons. The van der Waals surface area contributed by atoms with Crippen LogP contribution in [0, 0.1) is 16.0 Å². The number of nitro benzene ring substituents is 1. The molecule has 0 saturated heterocycles. The second kappa shape index (κ2) is 8.43. The lowest BCUT2D eigenvalue weighted by molar-refractivity contribution is -0.384. The highest BCUT2D eigenvalue weighted by Crippen LogP contribution is 2.28. The van der Waals surface area contributed by atoms with Gasteiger partial charge in [0, 0.05) is 30.8 Å². The van der Waals surface area contributed by atoms with Crippen LogP contribution in [0.2, 0.25) is 0 Å². The number of nitro groups is 1. The van der Waals surface area contributed by atoms with Crippen LogP contribution in [0.4, 0.5) is 36.4 Å². The highest BCUT2D eigenvalue weighted by molar-refractivity contribution is 5.58. The van der Waals surface area contributed by atoms with E-state index >= 15 is 0 Å². The quantitative estimate of drug-likeness (QED) is 0.406. The molecule has 0 aliphatic rings. The van der Waals surface area contributed by atoms with Gasteiger partial charge in [-0.15, -0.1) is 6.58 Å². The smallest absolute Gasteiger partial charge is 0.351 e. The second-order valence-corrected chi connectivity index (χ2v) is 5.65. The Kier molecular flexibility index (Phi) is 6.27. The molecule has 2 rings (SSSR count). The largest absolute Gasteiger partial charge is 0.391 e. The number of nitrogens with zero attached hydrogens (tertiary/aromatic N) is 4. The lowest BCUT2D eigenvalue weighted by atomic mass is 10.1. The average molecular weight is 382 g/mol. The molecule has 1 aromatic carbocycles. The molecule has 1 heterocycles. The molecule has 1 unspecified atom stereocenters. The zero-order valence-corrected chi connectivity index (χ0v) is 14.3. The summed E-state index contributed by atoms with van der Waals surface area (Å²) < 4.78 is 38.5. The van der Waals surface area contributed by atoms with E-state index in [1.165, 1.54) is 24.3 Å². The molecular weight excluding hydrogens is 365 g/mol. The van der Waals surface area contributed by atoms with E-state index < -0.39 is 23.4 Å². The molecule has 0 saturated carbocycles. The summed E-state index contributed by atoms with van der Waals surface area (Å²) >= 11 is 0. The Balaban J connectivity index is 2.31. The van der Waals surface area contributed by atoms with Gasteiger partial charge >= 0.3 is 6.18 Å². The minimum absolute atomic E-state index is 0.0264. The molecule has 0 fully saturated rings. The van der Waals surface area contributed by atoms with E-state index in [2.05, 4.69) is 32.2 Å². The van der Waals surface area contributed by atoms with Crippen molar-refractivity contribution in [1.29, 1.82) is 0 Å². The number of aromatic nitrogens is 3.